The van der Waals surface area contributed by atoms with E-state index in [1.165, 1.54) is 11.3 Å². The molecule has 21 heavy (non-hydrogen) atoms. The number of aliphatic carboxylic acids is 1. The second kappa shape index (κ2) is 6.19. The van der Waals surface area contributed by atoms with Crippen LogP contribution in [-0.2, 0) is 10.3 Å². The van der Waals surface area contributed by atoms with E-state index in [-0.39, 0.29) is 11.3 Å². The lowest BCUT2D eigenvalue weighted by molar-refractivity contribution is -0.133. The van der Waals surface area contributed by atoms with Crippen molar-refractivity contribution in [2.45, 2.75) is 44.3 Å². The standard InChI is InChI=1S/C14H18N2O3S2/c1-4-6-14(2,3)16-12(19)11-9(5-7-20-11)15-13(16)21-8-10(17)18/h5,7H,4,6,8H2,1-3H3,(H,17,18). The zero-order valence-corrected chi connectivity index (χ0v) is 13.9. The van der Waals surface area contributed by atoms with E-state index in [9.17, 15) is 9.59 Å². The van der Waals surface area contributed by atoms with Gasteiger partial charge < -0.3 is 5.11 Å². The van der Waals surface area contributed by atoms with Gasteiger partial charge in [0.2, 0.25) is 0 Å². The first-order valence-corrected chi connectivity index (χ1v) is 8.58. The van der Waals surface area contributed by atoms with E-state index in [1.54, 1.807) is 10.6 Å². The van der Waals surface area contributed by atoms with Gasteiger partial charge in [0, 0.05) is 5.54 Å². The molecule has 2 aromatic heterocycles. The largest absolute Gasteiger partial charge is 0.481 e. The Labute approximate surface area is 131 Å². The molecule has 2 aromatic rings. The molecule has 5 nitrogen and oxygen atoms in total. The van der Waals surface area contributed by atoms with Crippen molar-refractivity contribution in [2.75, 3.05) is 5.75 Å². The zero-order chi connectivity index (χ0) is 15.6. The Morgan fingerprint density at radius 3 is 2.86 bits per heavy atom. The summed E-state index contributed by atoms with van der Waals surface area (Å²) in [5.41, 5.74) is 0.167. The Bertz CT molecular complexity index is 719. The first-order chi connectivity index (χ1) is 9.86. The molecule has 1 N–H and O–H groups in total. The van der Waals surface area contributed by atoms with Gasteiger partial charge in [0.15, 0.2) is 5.16 Å². The molecule has 0 bridgehead atoms. The average Bonchev–Trinajstić information content (AvgIpc) is 2.84. The van der Waals surface area contributed by atoms with Gasteiger partial charge in [-0.15, -0.1) is 11.3 Å². The summed E-state index contributed by atoms with van der Waals surface area (Å²) in [6.07, 6.45) is 1.76. The van der Waals surface area contributed by atoms with Crippen molar-refractivity contribution in [2.24, 2.45) is 0 Å². The Morgan fingerprint density at radius 1 is 1.52 bits per heavy atom. The molecular weight excluding hydrogens is 308 g/mol. The van der Waals surface area contributed by atoms with Gasteiger partial charge in [0.25, 0.3) is 5.56 Å². The van der Waals surface area contributed by atoms with Crippen LogP contribution < -0.4 is 5.56 Å². The number of fused-ring (bicyclic) bond motifs is 1. The molecule has 7 heteroatoms. The van der Waals surface area contributed by atoms with E-state index < -0.39 is 11.5 Å². The van der Waals surface area contributed by atoms with Crippen LogP contribution in [0.1, 0.15) is 33.6 Å². The highest BCUT2D eigenvalue weighted by atomic mass is 32.2. The number of thioether (sulfide) groups is 1. The normalized spacial score (nSPS) is 12.0. The van der Waals surface area contributed by atoms with E-state index in [0.717, 1.165) is 24.6 Å². The molecule has 0 saturated heterocycles. The maximum absolute atomic E-state index is 12.7. The van der Waals surface area contributed by atoms with E-state index in [4.69, 9.17) is 5.11 Å². The molecule has 2 rings (SSSR count). The number of aromatic nitrogens is 2. The predicted molar refractivity (Wildman–Crippen MR) is 86.5 cm³/mol. The lowest BCUT2D eigenvalue weighted by atomic mass is 9.98. The van der Waals surface area contributed by atoms with Gasteiger partial charge in [-0.1, -0.05) is 25.1 Å². The average molecular weight is 326 g/mol. The number of carboxylic acids is 1. The number of carbonyl (C=O) groups is 1. The number of nitrogens with zero attached hydrogens (tertiary/aromatic N) is 2. The molecule has 0 aliphatic rings. The maximum atomic E-state index is 12.7. The lowest BCUT2D eigenvalue weighted by Gasteiger charge is -2.29. The van der Waals surface area contributed by atoms with Crippen molar-refractivity contribution in [3.8, 4) is 0 Å². The fourth-order valence-corrected chi connectivity index (χ4v) is 4.01. The van der Waals surface area contributed by atoms with Gasteiger partial charge in [0.1, 0.15) is 4.70 Å². The van der Waals surface area contributed by atoms with Gasteiger partial charge in [-0.05, 0) is 31.7 Å². The van der Waals surface area contributed by atoms with Crippen LogP contribution in [-0.4, -0.2) is 26.4 Å². The molecular formula is C14H18N2O3S2. The smallest absolute Gasteiger partial charge is 0.313 e. The van der Waals surface area contributed by atoms with Crippen molar-refractivity contribution in [3.63, 3.8) is 0 Å². The number of thiophene rings is 1. The van der Waals surface area contributed by atoms with Crippen molar-refractivity contribution in [1.82, 2.24) is 9.55 Å². The van der Waals surface area contributed by atoms with Crippen LogP contribution in [0, 0.1) is 0 Å². The minimum absolute atomic E-state index is 0.0821. The maximum Gasteiger partial charge on any atom is 0.313 e. The number of hydrogen-bond donors (Lipinski definition) is 1. The highest BCUT2D eigenvalue weighted by molar-refractivity contribution is 7.99. The molecule has 2 heterocycles. The number of rotatable bonds is 6. The third kappa shape index (κ3) is 3.29. The van der Waals surface area contributed by atoms with Gasteiger partial charge in [-0.2, -0.15) is 0 Å². The minimum Gasteiger partial charge on any atom is -0.481 e. The summed E-state index contributed by atoms with van der Waals surface area (Å²) < 4.78 is 2.28. The van der Waals surface area contributed by atoms with E-state index in [0.29, 0.717) is 15.4 Å². The van der Waals surface area contributed by atoms with E-state index >= 15 is 0 Å². The van der Waals surface area contributed by atoms with Crippen LogP contribution in [0.4, 0.5) is 0 Å². The second-order valence-electron chi connectivity index (χ2n) is 5.41. The summed E-state index contributed by atoms with van der Waals surface area (Å²) in [4.78, 5) is 28.1. The summed E-state index contributed by atoms with van der Waals surface area (Å²) >= 11 is 2.47. The Morgan fingerprint density at radius 2 is 2.24 bits per heavy atom. The Balaban J connectivity index is 2.62. The molecule has 0 unspecified atom stereocenters. The SMILES string of the molecule is CCCC(C)(C)n1c(SCC(=O)O)nc2ccsc2c1=O. The third-order valence-electron chi connectivity index (χ3n) is 3.24. The quantitative estimate of drug-likeness (QED) is 0.652. The minimum atomic E-state index is -0.917. The second-order valence-corrected chi connectivity index (χ2v) is 7.27. The van der Waals surface area contributed by atoms with Crippen molar-refractivity contribution >= 4 is 39.3 Å². The van der Waals surface area contributed by atoms with Crippen LogP contribution in [0.25, 0.3) is 10.2 Å². The summed E-state index contributed by atoms with van der Waals surface area (Å²) in [5.74, 6) is -1.02. The Hall–Kier alpha value is -1.34. The molecule has 0 aliphatic heterocycles. The summed E-state index contributed by atoms with van der Waals surface area (Å²) in [6.45, 7) is 6.04. The monoisotopic (exact) mass is 326 g/mol. The first-order valence-electron chi connectivity index (χ1n) is 6.72. The molecule has 0 aliphatic carbocycles. The first kappa shape index (κ1) is 16.0. The fourth-order valence-electron chi connectivity index (χ4n) is 2.37. The van der Waals surface area contributed by atoms with Crippen LogP contribution >= 0.6 is 23.1 Å². The predicted octanol–water partition coefficient (Wildman–Crippen LogP) is 3.17. The van der Waals surface area contributed by atoms with E-state index in [2.05, 4.69) is 11.9 Å². The zero-order valence-electron chi connectivity index (χ0n) is 12.3. The molecule has 0 fully saturated rings. The van der Waals surface area contributed by atoms with Crippen molar-refractivity contribution in [1.29, 1.82) is 0 Å². The molecule has 0 amide bonds. The highest BCUT2D eigenvalue weighted by Crippen LogP contribution is 2.28. The number of carboxylic acid groups (broad SMARTS) is 1. The molecule has 0 spiro atoms. The molecule has 0 aromatic carbocycles. The highest BCUT2D eigenvalue weighted by Gasteiger charge is 2.26. The third-order valence-corrected chi connectivity index (χ3v) is 5.06. The van der Waals surface area contributed by atoms with Gasteiger partial charge >= 0.3 is 5.97 Å². The van der Waals surface area contributed by atoms with Gasteiger partial charge in [-0.3, -0.25) is 14.2 Å². The van der Waals surface area contributed by atoms with Gasteiger partial charge in [0.05, 0.1) is 11.3 Å². The lowest BCUT2D eigenvalue weighted by Crippen LogP contribution is -2.38. The summed E-state index contributed by atoms with van der Waals surface area (Å²) in [7, 11) is 0. The fraction of sp³-hybridized carbons (Fsp3) is 0.500. The topological polar surface area (TPSA) is 72.2 Å². The molecule has 0 saturated carbocycles. The van der Waals surface area contributed by atoms with Crippen LogP contribution in [0.15, 0.2) is 21.4 Å². The van der Waals surface area contributed by atoms with Crippen molar-refractivity contribution < 1.29 is 9.90 Å². The molecule has 0 radical (unpaired) electrons. The molecule has 0 atom stereocenters. The van der Waals surface area contributed by atoms with Gasteiger partial charge in [-0.25, -0.2) is 4.98 Å². The number of hydrogen-bond acceptors (Lipinski definition) is 5. The van der Waals surface area contributed by atoms with Crippen LogP contribution in [0.2, 0.25) is 0 Å². The Kier molecular flexibility index (Phi) is 4.73. The van der Waals surface area contributed by atoms with E-state index in [1.807, 2.05) is 19.2 Å². The van der Waals surface area contributed by atoms with Crippen LogP contribution in [0.5, 0.6) is 0 Å². The van der Waals surface area contributed by atoms with Crippen LogP contribution in [0.3, 0.4) is 0 Å². The molecule has 114 valence electrons. The summed E-state index contributed by atoms with van der Waals surface area (Å²) in [6, 6.07) is 1.80. The van der Waals surface area contributed by atoms with Crippen molar-refractivity contribution in [3.05, 3.63) is 21.8 Å². The summed E-state index contributed by atoms with van der Waals surface area (Å²) in [5, 5.41) is 11.2.